The van der Waals surface area contributed by atoms with Gasteiger partial charge in [-0.05, 0) is 31.2 Å². The molecule has 2 rings (SSSR count). The predicted octanol–water partition coefficient (Wildman–Crippen LogP) is 3.81. The topological polar surface area (TPSA) is 52.6 Å². The molecule has 0 fully saturated rings. The Morgan fingerprint density at radius 1 is 0.810 bits per heavy atom. The Labute approximate surface area is 123 Å². The Kier molecular flexibility index (Phi) is 7.00. The Morgan fingerprint density at radius 3 is 1.38 bits per heavy atom. The summed E-state index contributed by atoms with van der Waals surface area (Å²) in [5.41, 5.74) is 0.636. The summed E-state index contributed by atoms with van der Waals surface area (Å²) in [5.74, 6) is -1.42. The van der Waals surface area contributed by atoms with Crippen molar-refractivity contribution in [2.75, 3.05) is 0 Å². The van der Waals surface area contributed by atoms with Crippen molar-refractivity contribution in [3.63, 3.8) is 0 Å². The van der Waals surface area contributed by atoms with Gasteiger partial charge in [-0.25, -0.2) is 19.4 Å². The molecule has 0 atom stereocenters. The highest BCUT2D eigenvalue weighted by molar-refractivity contribution is 5.92. The zero-order valence-corrected chi connectivity index (χ0v) is 11.7. The maximum absolute atomic E-state index is 11.5. The molecule has 108 valence electrons. The Morgan fingerprint density at radius 2 is 1.10 bits per heavy atom. The van der Waals surface area contributed by atoms with Crippen LogP contribution in [0.4, 0.5) is 0 Å². The molecule has 0 saturated carbocycles. The molecule has 0 unspecified atom stereocenters. The lowest BCUT2D eigenvalue weighted by molar-refractivity contribution is -0.187. The fraction of sp³-hybridized carbons (Fsp3) is 0.0588. The van der Waals surface area contributed by atoms with E-state index in [2.05, 4.69) is 16.4 Å². The molecule has 0 amide bonds. The first-order chi connectivity index (χ1) is 10.2. The summed E-state index contributed by atoms with van der Waals surface area (Å²) in [5, 5.41) is 0. The van der Waals surface area contributed by atoms with Crippen molar-refractivity contribution in [3.05, 3.63) is 84.4 Å². The summed E-state index contributed by atoms with van der Waals surface area (Å²) in [6.45, 7) is 5.25. The van der Waals surface area contributed by atoms with Crippen molar-refractivity contribution in [2.24, 2.45) is 0 Å². The van der Waals surface area contributed by atoms with Crippen LogP contribution in [-0.2, 0) is 9.78 Å². The monoisotopic (exact) mass is 284 g/mol. The summed E-state index contributed by atoms with van der Waals surface area (Å²) in [4.78, 5) is 31.9. The van der Waals surface area contributed by atoms with Crippen molar-refractivity contribution in [1.82, 2.24) is 0 Å². The van der Waals surface area contributed by atoms with Crippen molar-refractivity contribution < 1.29 is 19.4 Å². The van der Waals surface area contributed by atoms with Crippen molar-refractivity contribution in [3.8, 4) is 0 Å². The zero-order valence-electron chi connectivity index (χ0n) is 11.7. The second kappa shape index (κ2) is 9.09. The zero-order chi connectivity index (χ0) is 15.5. The van der Waals surface area contributed by atoms with E-state index in [1.54, 1.807) is 66.7 Å². The fourth-order valence-corrected chi connectivity index (χ4v) is 1.32. The molecule has 0 aliphatic heterocycles. The van der Waals surface area contributed by atoms with Crippen molar-refractivity contribution in [1.29, 1.82) is 0 Å². The van der Waals surface area contributed by atoms with E-state index in [1.807, 2.05) is 6.92 Å². The quantitative estimate of drug-likeness (QED) is 0.478. The lowest BCUT2D eigenvalue weighted by Crippen LogP contribution is -2.11. The van der Waals surface area contributed by atoms with Gasteiger partial charge in [-0.3, -0.25) is 0 Å². The highest BCUT2D eigenvalue weighted by Gasteiger charge is 2.12. The minimum absolute atomic E-state index is 0.318. The first-order valence-electron chi connectivity index (χ1n) is 6.29. The van der Waals surface area contributed by atoms with Gasteiger partial charge in [-0.15, -0.1) is 6.58 Å². The molecule has 21 heavy (non-hydrogen) atoms. The van der Waals surface area contributed by atoms with Gasteiger partial charge < -0.3 is 0 Å². The molecule has 0 aliphatic rings. The average molecular weight is 284 g/mol. The van der Waals surface area contributed by atoms with Crippen LogP contribution in [0.15, 0.2) is 73.3 Å². The predicted molar refractivity (Wildman–Crippen MR) is 79.6 cm³/mol. The Hall–Kier alpha value is -2.88. The molecule has 0 heterocycles. The number of hydrogen-bond donors (Lipinski definition) is 0. The minimum atomic E-state index is -0.708. The van der Waals surface area contributed by atoms with E-state index < -0.39 is 11.9 Å². The van der Waals surface area contributed by atoms with E-state index in [0.29, 0.717) is 11.1 Å². The van der Waals surface area contributed by atoms with Gasteiger partial charge in [-0.2, -0.15) is 0 Å². The van der Waals surface area contributed by atoms with E-state index in [9.17, 15) is 9.59 Å². The highest BCUT2D eigenvalue weighted by atomic mass is 17.2. The third-order valence-corrected chi connectivity index (χ3v) is 2.21. The number of carbonyl (C=O) groups excluding carboxylic acids is 2. The molecule has 0 saturated heterocycles. The Balaban J connectivity index is 0.000000677. The normalized spacial score (nSPS) is 8.81. The van der Waals surface area contributed by atoms with Crippen LogP contribution in [0.25, 0.3) is 0 Å². The van der Waals surface area contributed by atoms with Crippen LogP contribution in [0.1, 0.15) is 27.6 Å². The second-order valence-electron chi connectivity index (χ2n) is 3.88. The highest BCUT2D eigenvalue weighted by Crippen LogP contribution is 2.05. The summed E-state index contributed by atoms with van der Waals surface area (Å²) in [7, 11) is 0. The smallest absolute Gasteiger partial charge is 0.242 e. The van der Waals surface area contributed by atoms with Gasteiger partial charge in [0.1, 0.15) is 0 Å². The van der Waals surface area contributed by atoms with Gasteiger partial charge in [0.2, 0.25) is 0 Å². The number of hydrogen-bond acceptors (Lipinski definition) is 4. The van der Waals surface area contributed by atoms with Crippen LogP contribution in [-0.4, -0.2) is 11.9 Å². The van der Waals surface area contributed by atoms with Gasteiger partial charge in [0.25, 0.3) is 0 Å². The number of carbonyl (C=O) groups is 2. The van der Waals surface area contributed by atoms with Crippen LogP contribution in [0.5, 0.6) is 0 Å². The van der Waals surface area contributed by atoms with Gasteiger partial charge in [0.05, 0.1) is 11.1 Å². The maximum atomic E-state index is 11.5. The standard InChI is InChI=1S/C14H10O4.C3H6/c15-13(11-7-3-1-4-8-11)17-18-14(16)12-9-5-2-6-10-12;1-3-2/h1-10H;3H,1H2,2H3. The van der Waals surface area contributed by atoms with Crippen LogP contribution < -0.4 is 0 Å². The lowest BCUT2D eigenvalue weighted by Gasteiger charge is -2.02. The Bertz CT molecular complexity index is 525. The minimum Gasteiger partial charge on any atom is -0.242 e. The van der Waals surface area contributed by atoms with Crippen molar-refractivity contribution >= 4 is 11.9 Å². The molecule has 0 aliphatic carbocycles. The summed E-state index contributed by atoms with van der Waals surface area (Å²) in [6, 6.07) is 16.6. The molecule has 2 aromatic carbocycles. The summed E-state index contributed by atoms with van der Waals surface area (Å²) in [6.07, 6.45) is 1.75. The van der Waals surface area contributed by atoms with E-state index in [1.165, 1.54) is 0 Å². The SMILES string of the molecule is C=CC.O=C(OOC(=O)c1ccccc1)c1ccccc1. The number of allylic oxidation sites excluding steroid dienone is 1. The van der Waals surface area contributed by atoms with Crippen molar-refractivity contribution in [2.45, 2.75) is 6.92 Å². The van der Waals surface area contributed by atoms with Crippen LogP contribution in [0.3, 0.4) is 0 Å². The lowest BCUT2D eigenvalue weighted by atomic mass is 10.2. The molecule has 0 aromatic heterocycles. The van der Waals surface area contributed by atoms with Gasteiger partial charge in [0, 0.05) is 0 Å². The average Bonchev–Trinajstić information content (AvgIpc) is 2.54. The molecule has 0 spiro atoms. The van der Waals surface area contributed by atoms with Gasteiger partial charge in [0.15, 0.2) is 0 Å². The largest absolute Gasteiger partial charge is 0.386 e. The third-order valence-electron chi connectivity index (χ3n) is 2.21. The molecule has 0 bridgehead atoms. The summed E-state index contributed by atoms with van der Waals surface area (Å²) >= 11 is 0. The maximum Gasteiger partial charge on any atom is 0.386 e. The van der Waals surface area contributed by atoms with Crippen LogP contribution in [0.2, 0.25) is 0 Å². The number of benzene rings is 2. The molecule has 4 nitrogen and oxygen atoms in total. The molecule has 2 aromatic rings. The third kappa shape index (κ3) is 5.74. The molecular formula is C17H16O4. The molecule has 4 heteroatoms. The van der Waals surface area contributed by atoms with E-state index in [0.717, 1.165) is 0 Å². The fourth-order valence-electron chi connectivity index (χ4n) is 1.32. The molecule has 0 N–H and O–H groups in total. The van der Waals surface area contributed by atoms with Crippen LogP contribution >= 0.6 is 0 Å². The second-order valence-corrected chi connectivity index (χ2v) is 3.88. The molecular weight excluding hydrogens is 268 g/mol. The molecule has 0 radical (unpaired) electrons. The first-order valence-corrected chi connectivity index (χ1v) is 6.29. The summed E-state index contributed by atoms with van der Waals surface area (Å²) < 4.78 is 0. The number of rotatable bonds is 2. The van der Waals surface area contributed by atoms with E-state index >= 15 is 0 Å². The van der Waals surface area contributed by atoms with E-state index in [-0.39, 0.29) is 0 Å². The first kappa shape index (κ1) is 16.2. The van der Waals surface area contributed by atoms with Gasteiger partial charge >= 0.3 is 11.9 Å². The van der Waals surface area contributed by atoms with Crippen LogP contribution in [0, 0.1) is 0 Å². The van der Waals surface area contributed by atoms with E-state index in [4.69, 9.17) is 0 Å². The van der Waals surface area contributed by atoms with Gasteiger partial charge in [-0.1, -0.05) is 42.5 Å².